The maximum absolute atomic E-state index is 12.5. The molecule has 1 aliphatic heterocycles. The van der Waals surface area contributed by atoms with E-state index in [2.05, 4.69) is 19.2 Å². The van der Waals surface area contributed by atoms with Crippen molar-refractivity contribution < 1.29 is 19.6 Å². The van der Waals surface area contributed by atoms with Crippen LogP contribution in [0.25, 0.3) is 0 Å². The maximum Gasteiger partial charge on any atom is 0.330 e. The molecule has 1 unspecified atom stereocenters. The Bertz CT molecular complexity index is 702. The standard InChI is InChI=1S/C17H22N2O5S2/c1-11(2)5-7-26-14-4-3-12(9-13(14)19(23)24)15(20)18-17(16(21)22)6-8-25-10-17/h3-4,9,11H,5-8,10H2,1-2H3,(H,18,20)(H,21,22). The summed E-state index contributed by atoms with van der Waals surface area (Å²) < 4.78 is 0. The first kappa shape index (κ1) is 20.6. The largest absolute Gasteiger partial charge is 0.479 e. The molecule has 0 spiro atoms. The summed E-state index contributed by atoms with van der Waals surface area (Å²) in [5, 5.41) is 23.4. The second-order valence-electron chi connectivity index (χ2n) is 6.61. The molecule has 2 N–H and O–H groups in total. The van der Waals surface area contributed by atoms with Crippen molar-refractivity contribution in [3.63, 3.8) is 0 Å². The van der Waals surface area contributed by atoms with Gasteiger partial charge in [0, 0.05) is 17.4 Å². The fourth-order valence-corrected chi connectivity index (χ4v) is 5.08. The highest BCUT2D eigenvalue weighted by Gasteiger charge is 2.43. The zero-order valence-electron chi connectivity index (χ0n) is 14.7. The van der Waals surface area contributed by atoms with E-state index in [1.807, 2.05) is 0 Å². The van der Waals surface area contributed by atoms with Gasteiger partial charge in [-0.15, -0.1) is 11.8 Å². The summed E-state index contributed by atoms with van der Waals surface area (Å²) in [5.41, 5.74) is -1.33. The van der Waals surface area contributed by atoms with Crippen molar-refractivity contribution >= 4 is 41.1 Å². The Labute approximate surface area is 160 Å². The van der Waals surface area contributed by atoms with E-state index in [-0.39, 0.29) is 11.3 Å². The topological polar surface area (TPSA) is 110 Å². The predicted octanol–water partition coefficient (Wildman–Crippen LogP) is 3.42. The Morgan fingerprint density at radius 2 is 2.19 bits per heavy atom. The fourth-order valence-electron chi connectivity index (χ4n) is 2.50. The van der Waals surface area contributed by atoms with E-state index in [4.69, 9.17) is 0 Å². The number of amides is 1. The van der Waals surface area contributed by atoms with Gasteiger partial charge >= 0.3 is 5.97 Å². The van der Waals surface area contributed by atoms with Crippen molar-refractivity contribution in [1.82, 2.24) is 5.32 Å². The average Bonchev–Trinajstić information content (AvgIpc) is 3.04. The van der Waals surface area contributed by atoms with E-state index >= 15 is 0 Å². The highest BCUT2D eigenvalue weighted by molar-refractivity contribution is 7.99. The molecule has 26 heavy (non-hydrogen) atoms. The van der Waals surface area contributed by atoms with Gasteiger partial charge in [-0.25, -0.2) is 4.79 Å². The third-order valence-corrected chi connectivity index (χ3v) is 6.44. The summed E-state index contributed by atoms with van der Waals surface area (Å²) >= 11 is 2.85. The molecule has 1 aliphatic rings. The van der Waals surface area contributed by atoms with Crippen LogP contribution >= 0.6 is 23.5 Å². The van der Waals surface area contributed by atoms with Crippen LogP contribution in [-0.2, 0) is 4.79 Å². The number of carboxylic acids is 1. The Morgan fingerprint density at radius 1 is 1.46 bits per heavy atom. The average molecular weight is 399 g/mol. The minimum Gasteiger partial charge on any atom is -0.479 e. The molecule has 1 aromatic rings. The molecule has 7 nitrogen and oxygen atoms in total. The molecule has 142 valence electrons. The number of aliphatic carboxylic acids is 1. The lowest BCUT2D eigenvalue weighted by Crippen LogP contribution is -2.54. The van der Waals surface area contributed by atoms with Gasteiger partial charge in [0.25, 0.3) is 11.6 Å². The van der Waals surface area contributed by atoms with E-state index in [9.17, 15) is 24.8 Å². The number of nitro benzene ring substituents is 1. The Balaban J connectivity index is 2.18. The lowest BCUT2D eigenvalue weighted by Gasteiger charge is -2.24. The summed E-state index contributed by atoms with van der Waals surface area (Å²) in [7, 11) is 0. The molecule has 0 radical (unpaired) electrons. The minimum atomic E-state index is -1.30. The van der Waals surface area contributed by atoms with Gasteiger partial charge in [-0.3, -0.25) is 14.9 Å². The number of benzene rings is 1. The van der Waals surface area contributed by atoms with E-state index in [1.165, 1.54) is 35.7 Å². The molecule has 1 fully saturated rings. The van der Waals surface area contributed by atoms with Crippen LogP contribution in [0, 0.1) is 16.0 Å². The summed E-state index contributed by atoms with van der Waals surface area (Å²) in [4.78, 5) is 35.4. The maximum atomic E-state index is 12.5. The molecular weight excluding hydrogens is 376 g/mol. The molecule has 0 saturated carbocycles. The number of carbonyl (C=O) groups excluding carboxylic acids is 1. The number of thioether (sulfide) groups is 2. The number of nitro groups is 1. The van der Waals surface area contributed by atoms with Gasteiger partial charge in [0.2, 0.25) is 0 Å². The van der Waals surface area contributed by atoms with Crippen LogP contribution in [0.1, 0.15) is 37.0 Å². The van der Waals surface area contributed by atoms with E-state index in [1.54, 1.807) is 6.07 Å². The highest BCUT2D eigenvalue weighted by atomic mass is 32.2. The van der Waals surface area contributed by atoms with E-state index in [0.717, 1.165) is 12.2 Å². The molecule has 2 rings (SSSR count). The normalized spacial score (nSPS) is 19.5. The number of carboxylic acid groups (broad SMARTS) is 1. The number of nitrogens with one attached hydrogen (secondary N) is 1. The second-order valence-corrected chi connectivity index (χ2v) is 8.86. The molecule has 0 aromatic heterocycles. The smallest absolute Gasteiger partial charge is 0.330 e. The van der Waals surface area contributed by atoms with Gasteiger partial charge in [-0.1, -0.05) is 13.8 Å². The monoisotopic (exact) mass is 398 g/mol. The molecule has 9 heteroatoms. The van der Waals surface area contributed by atoms with Gasteiger partial charge in [-0.2, -0.15) is 11.8 Å². The third kappa shape index (κ3) is 4.91. The molecule has 1 heterocycles. The Morgan fingerprint density at radius 3 is 2.73 bits per heavy atom. The molecule has 0 aliphatic carbocycles. The number of hydrogen-bond donors (Lipinski definition) is 2. The van der Waals surface area contributed by atoms with Crippen LogP contribution in [0.2, 0.25) is 0 Å². The molecule has 1 aromatic carbocycles. The molecular formula is C17H22N2O5S2. The molecule has 1 saturated heterocycles. The van der Waals surface area contributed by atoms with E-state index < -0.39 is 22.3 Å². The van der Waals surface area contributed by atoms with Crippen molar-refractivity contribution in [2.24, 2.45) is 5.92 Å². The third-order valence-electron chi connectivity index (χ3n) is 4.15. The lowest BCUT2D eigenvalue weighted by molar-refractivity contribution is -0.387. The predicted molar refractivity (Wildman–Crippen MR) is 103 cm³/mol. The number of hydrogen-bond acceptors (Lipinski definition) is 6. The number of rotatable bonds is 8. The number of carbonyl (C=O) groups is 2. The van der Waals surface area contributed by atoms with Crippen LogP contribution in [0.5, 0.6) is 0 Å². The van der Waals surface area contributed by atoms with Gasteiger partial charge < -0.3 is 10.4 Å². The first-order valence-electron chi connectivity index (χ1n) is 8.30. The van der Waals surface area contributed by atoms with Crippen molar-refractivity contribution in [3.05, 3.63) is 33.9 Å². The Kier molecular flexibility index (Phi) is 6.94. The van der Waals surface area contributed by atoms with Crippen LogP contribution in [-0.4, -0.2) is 44.7 Å². The summed E-state index contributed by atoms with van der Waals surface area (Å²) in [6.45, 7) is 4.17. The van der Waals surface area contributed by atoms with Crippen molar-refractivity contribution in [1.29, 1.82) is 0 Å². The zero-order chi connectivity index (χ0) is 19.3. The summed E-state index contributed by atoms with van der Waals surface area (Å²) in [6, 6.07) is 4.30. The fraction of sp³-hybridized carbons (Fsp3) is 0.529. The van der Waals surface area contributed by atoms with E-state index in [0.29, 0.717) is 28.7 Å². The van der Waals surface area contributed by atoms with Gasteiger partial charge in [0.15, 0.2) is 0 Å². The lowest BCUT2D eigenvalue weighted by atomic mass is 9.98. The van der Waals surface area contributed by atoms with Crippen molar-refractivity contribution in [2.75, 3.05) is 17.3 Å². The Hall–Kier alpha value is -1.74. The van der Waals surface area contributed by atoms with Crippen LogP contribution in [0.15, 0.2) is 23.1 Å². The van der Waals surface area contributed by atoms with Gasteiger partial charge in [0.05, 0.1) is 9.82 Å². The van der Waals surface area contributed by atoms with Crippen molar-refractivity contribution in [2.45, 2.75) is 37.1 Å². The highest BCUT2D eigenvalue weighted by Crippen LogP contribution is 2.32. The van der Waals surface area contributed by atoms with Gasteiger partial charge in [0.1, 0.15) is 5.54 Å². The van der Waals surface area contributed by atoms with Gasteiger partial charge in [-0.05, 0) is 42.4 Å². The first-order valence-corrected chi connectivity index (χ1v) is 10.4. The van der Waals surface area contributed by atoms with Crippen molar-refractivity contribution in [3.8, 4) is 0 Å². The van der Waals surface area contributed by atoms with Crippen LogP contribution < -0.4 is 5.32 Å². The summed E-state index contributed by atoms with van der Waals surface area (Å²) in [6.07, 6.45) is 1.27. The van der Waals surface area contributed by atoms with Crippen LogP contribution in [0.4, 0.5) is 5.69 Å². The SMILES string of the molecule is CC(C)CCSc1ccc(C(=O)NC2(C(=O)O)CCSC2)cc1[N+](=O)[O-]. The molecule has 1 atom stereocenters. The number of nitrogens with zero attached hydrogens (tertiary/aromatic N) is 1. The molecule has 1 amide bonds. The summed E-state index contributed by atoms with van der Waals surface area (Å²) in [5.74, 6) is 0.520. The van der Waals surface area contributed by atoms with Crippen LogP contribution in [0.3, 0.4) is 0 Å². The minimum absolute atomic E-state index is 0.0995. The first-order chi connectivity index (χ1) is 12.2. The quantitative estimate of drug-likeness (QED) is 0.392. The zero-order valence-corrected chi connectivity index (χ0v) is 16.3. The second kappa shape index (κ2) is 8.77. The molecule has 0 bridgehead atoms.